The van der Waals surface area contributed by atoms with Gasteiger partial charge in [0.1, 0.15) is 10.6 Å². The first-order chi connectivity index (χ1) is 13.3. The summed E-state index contributed by atoms with van der Waals surface area (Å²) < 4.78 is 33.4. The summed E-state index contributed by atoms with van der Waals surface area (Å²) in [5.41, 5.74) is 2.40. The van der Waals surface area contributed by atoms with Crippen molar-refractivity contribution in [3.05, 3.63) is 64.7 Å². The second-order valence-electron chi connectivity index (χ2n) is 6.09. The van der Waals surface area contributed by atoms with Gasteiger partial charge in [0.15, 0.2) is 5.13 Å². The standard InChI is InChI=1S/C19H19N3O4S2/c1-12-4-7-15(8-5-12)22-28(24,25)17-10-14(6-9-16(17)26-3)18(23)21-19-20-13(2)11-27-19/h4-11,22H,1-3H3,(H,20,21,23). The molecule has 0 unspecified atom stereocenters. The van der Waals surface area contributed by atoms with E-state index in [0.29, 0.717) is 10.8 Å². The van der Waals surface area contributed by atoms with Crippen LogP contribution in [0.15, 0.2) is 52.7 Å². The minimum absolute atomic E-state index is 0.126. The molecular weight excluding hydrogens is 398 g/mol. The zero-order valence-electron chi connectivity index (χ0n) is 15.5. The molecule has 7 nitrogen and oxygen atoms in total. The zero-order chi connectivity index (χ0) is 20.3. The third kappa shape index (κ3) is 4.49. The Morgan fingerprint density at radius 1 is 1.11 bits per heavy atom. The molecule has 0 aliphatic rings. The van der Waals surface area contributed by atoms with E-state index in [4.69, 9.17) is 4.74 Å². The number of nitrogens with zero attached hydrogens (tertiary/aromatic N) is 1. The first-order valence-electron chi connectivity index (χ1n) is 8.29. The van der Waals surface area contributed by atoms with E-state index in [9.17, 15) is 13.2 Å². The molecule has 0 aliphatic carbocycles. The SMILES string of the molecule is COc1ccc(C(=O)Nc2nc(C)cs2)cc1S(=O)(=O)Nc1ccc(C)cc1. The van der Waals surface area contributed by atoms with Crippen LogP contribution in [0.5, 0.6) is 5.75 Å². The topological polar surface area (TPSA) is 97.4 Å². The number of methoxy groups -OCH3 is 1. The summed E-state index contributed by atoms with van der Waals surface area (Å²) in [5.74, 6) is -0.315. The Labute approximate surface area is 167 Å². The Hall–Kier alpha value is -2.91. The molecule has 0 saturated heterocycles. The Morgan fingerprint density at radius 2 is 1.82 bits per heavy atom. The molecular formula is C19H19N3O4S2. The number of benzene rings is 2. The highest BCUT2D eigenvalue weighted by Gasteiger charge is 2.22. The fourth-order valence-corrected chi connectivity index (χ4v) is 4.38. The van der Waals surface area contributed by atoms with Crippen LogP contribution in [-0.4, -0.2) is 26.4 Å². The van der Waals surface area contributed by atoms with E-state index in [1.165, 1.54) is 36.6 Å². The molecule has 1 amide bonds. The molecule has 2 aromatic carbocycles. The smallest absolute Gasteiger partial charge is 0.265 e. The lowest BCUT2D eigenvalue weighted by Crippen LogP contribution is -2.17. The summed E-state index contributed by atoms with van der Waals surface area (Å²) in [6, 6.07) is 11.2. The molecule has 0 aliphatic heterocycles. The first-order valence-corrected chi connectivity index (χ1v) is 10.7. The van der Waals surface area contributed by atoms with E-state index in [1.54, 1.807) is 24.3 Å². The van der Waals surface area contributed by atoms with Gasteiger partial charge in [-0.3, -0.25) is 14.8 Å². The van der Waals surface area contributed by atoms with Crippen molar-refractivity contribution in [1.29, 1.82) is 0 Å². The number of carbonyl (C=O) groups is 1. The molecule has 0 bridgehead atoms. The molecule has 3 rings (SSSR count). The second-order valence-corrected chi connectivity index (χ2v) is 8.59. The van der Waals surface area contributed by atoms with Gasteiger partial charge >= 0.3 is 0 Å². The fraction of sp³-hybridized carbons (Fsp3) is 0.158. The largest absolute Gasteiger partial charge is 0.495 e. The summed E-state index contributed by atoms with van der Waals surface area (Å²) in [5, 5.41) is 4.92. The number of aryl methyl sites for hydroxylation is 2. The van der Waals surface area contributed by atoms with Crippen LogP contribution in [0.3, 0.4) is 0 Å². The predicted octanol–water partition coefficient (Wildman–Crippen LogP) is 3.82. The van der Waals surface area contributed by atoms with Gasteiger partial charge in [-0.2, -0.15) is 0 Å². The molecule has 9 heteroatoms. The molecule has 146 valence electrons. The van der Waals surface area contributed by atoms with Crippen molar-refractivity contribution in [2.45, 2.75) is 18.7 Å². The Balaban J connectivity index is 1.91. The van der Waals surface area contributed by atoms with Crippen molar-refractivity contribution in [3.63, 3.8) is 0 Å². The van der Waals surface area contributed by atoms with E-state index >= 15 is 0 Å². The number of nitrogens with one attached hydrogen (secondary N) is 2. The van der Waals surface area contributed by atoms with Crippen molar-refractivity contribution in [2.24, 2.45) is 0 Å². The van der Waals surface area contributed by atoms with Gasteiger partial charge in [-0.25, -0.2) is 13.4 Å². The molecule has 2 N–H and O–H groups in total. The normalized spacial score (nSPS) is 11.1. The van der Waals surface area contributed by atoms with Crippen molar-refractivity contribution < 1.29 is 17.9 Å². The molecule has 28 heavy (non-hydrogen) atoms. The van der Waals surface area contributed by atoms with Gasteiger partial charge in [0.05, 0.1) is 12.8 Å². The Morgan fingerprint density at radius 3 is 2.43 bits per heavy atom. The van der Waals surface area contributed by atoms with Crippen LogP contribution in [0, 0.1) is 13.8 Å². The number of carbonyl (C=O) groups excluding carboxylic acids is 1. The van der Waals surface area contributed by atoms with Crippen LogP contribution in [0.2, 0.25) is 0 Å². The van der Waals surface area contributed by atoms with Gasteiger partial charge in [0.2, 0.25) is 0 Å². The van der Waals surface area contributed by atoms with E-state index < -0.39 is 15.9 Å². The highest BCUT2D eigenvalue weighted by molar-refractivity contribution is 7.92. The molecule has 1 heterocycles. The lowest BCUT2D eigenvalue weighted by molar-refractivity contribution is 0.102. The Bertz CT molecular complexity index is 1110. The average molecular weight is 418 g/mol. The van der Waals surface area contributed by atoms with Gasteiger partial charge < -0.3 is 4.74 Å². The average Bonchev–Trinajstić information content (AvgIpc) is 3.07. The number of thiazole rings is 1. The number of rotatable bonds is 6. The van der Waals surface area contributed by atoms with E-state index in [1.807, 2.05) is 19.2 Å². The van der Waals surface area contributed by atoms with Crippen LogP contribution in [0.25, 0.3) is 0 Å². The van der Waals surface area contributed by atoms with E-state index in [2.05, 4.69) is 15.0 Å². The van der Waals surface area contributed by atoms with Crippen LogP contribution < -0.4 is 14.8 Å². The maximum absolute atomic E-state index is 12.9. The minimum Gasteiger partial charge on any atom is -0.495 e. The van der Waals surface area contributed by atoms with Crippen molar-refractivity contribution in [2.75, 3.05) is 17.1 Å². The minimum atomic E-state index is -3.96. The molecule has 1 aromatic heterocycles. The maximum Gasteiger partial charge on any atom is 0.265 e. The maximum atomic E-state index is 12.9. The monoisotopic (exact) mass is 417 g/mol. The van der Waals surface area contributed by atoms with Crippen LogP contribution in [0.1, 0.15) is 21.6 Å². The first kappa shape index (κ1) is 19.8. The molecule has 0 spiro atoms. The molecule has 0 atom stereocenters. The highest BCUT2D eigenvalue weighted by Crippen LogP contribution is 2.27. The molecule has 0 radical (unpaired) electrons. The number of hydrogen-bond donors (Lipinski definition) is 2. The molecule has 3 aromatic rings. The quantitative estimate of drug-likeness (QED) is 0.635. The summed E-state index contributed by atoms with van der Waals surface area (Å²) >= 11 is 1.29. The summed E-state index contributed by atoms with van der Waals surface area (Å²) in [4.78, 5) is 16.5. The number of ether oxygens (including phenoxy) is 1. The summed E-state index contributed by atoms with van der Waals surface area (Å²) in [7, 11) is -2.59. The van der Waals surface area contributed by atoms with Crippen LogP contribution in [0.4, 0.5) is 10.8 Å². The zero-order valence-corrected chi connectivity index (χ0v) is 17.1. The van der Waals surface area contributed by atoms with Crippen LogP contribution >= 0.6 is 11.3 Å². The van der Waals surface area contributed by atoms with Crippen molar-refractivity contribution in [1.82, 2.24) is 4.98 Å². The number of anilines is 2. The highest BCUT2D eigenvalue weighted by atomic mass is 32.2. The third-order valence-corrected chi connectivity index (χ3v) is 6.14. The number of sulfonamides is 1. The van der Waals surface area contributed by atoms with Gasteiger partial charge in [0.25, 0.3) is 15.9 Å². The lowest BCUT2D eigenvalue weighted by atomic mass is 10.2. The fourth-order valence-electron chi connectivity index (χ4n) is 2.44. The number of hydrogen-bond acceptors (Lipinski definition) is 6. The van der Waals surface area contributed by atoms with Gasteiger partial charge in [-0.1, -0.05) is 17.7 Å². The summed E-state index contributed by atoms with van der Waals surface area (Å²) in [6.45, 7) is 3.73. The van der Waals surface area contributed by atoms with E-state index in [-0.39, 0.29) is 16.2 Å². The summed E-state index contributed by atoms with van der Waals surface area (Å²) in [6.07, 6.45) is 0. The number of amides is 1. The van der Waals surface area contributed by atoms with Gasteiger partial charge in [0, 0.05) is 16.6 Å². The number of aromatic nitrogens is 1. The molecule has 0 saturated carbocycles. The molecule has 0 fully saturated rings. The third-order valence-electron chi connectivity index (χ3n) is 3.86. The predicted molar refractivity (Wildman–Crippen MR) is 110 cm³/mol. The second kappa shape index (κ2) is 7.99. The van der Waals surface area contributed by atoms with Gasteiger partial charge in [-0.15, -0.1) is 11.3 Å². The lowest BCUT2D eigenvalue weighted by Gasteiger charge is -2.13. The van der Waals surface area contributed by atoms with Crippen molar-refractivity contribution in [3.8, 4) is 5.75 Å². The van der Waals surface area contributed by atoms with Gasteiger partial charge in [-0.05, 0) is 44.2 Å². The van der Waals surface area contributed by atoms with E-state index in [0.717, 1.165) is 11.3 Å². The van der Waals surface area contributed by atoms with Crippen molar-refractivity contribution >= 4 is 38.1 Å². The Kier molecular flexibility index (Phi) is 5.66. The van der Waals surface area contributed by atoms with Crippen LogP contribution in [-0.2, 0) is 10.0 Å².